The highest BCUT2D eigenvalue weighted by atomic mass is 16.2. The van der Waals surface area contributed by atoms with Crippen molar-refractivity contribution in [2.24, 2.45) is 5.92 Å². The van der Waals surface area contributed by atoms with Gasteiger partial charge < -0.3 is 14.7 Å². The van der Waals surface area contributed by atoms with E-state index >= 15 is 0 Å². The maximum absolute atomic E-state index is 12.8. The highest BCUT2D eigenvalue weighted by Crippen LogP contribution is 2.22. The van der Waals surface area contributed by atoms with Gasteiger partial charge in [0.15, 0.2) is 0 Å². The third-order valence-corrected chi connectivity index (χ3v) is 5.67. The molecule has 9 heteroatoms. The molecular weight excluding hydrogens is 358 g/mol. The molecule has 2 fully saturated rings. The number of rotatable bonds is 3. The number of likely N-dealkylation sites (N-methyl/N-ethyl adjacent to an activating group) is 1. The molecule has 0 saturated carbocycles. The van der Waals surface area contributed by atoms with E-state index in [-0.39, 0.29) is 17.7 Å². The van der Waals surface area contributed by atoms with Gasteiger partial charge in [-0.2, -0.15) is 0 Å². The van der Waals surface area contributed by atoms with Crippen LogP contribution in [0.2, 0.25) is 0 Å². The normalized spacial score (nSPS) is 19.0. The number of carbonyl (C=O) groups excluding carboxylic acids is 2. The van der Waals surface area contributed by atoms with Crippen molar-refractivity contribution >= 4 is 11.8 Å². The lowest BCUT2D eigenvalue weighted by Gasteiger charge is -2.37. The van der Waals surface area contributed by atoms with Crippen LogP contribution in [0.1, 0.15) is 23.2 Å². The number of amides is 2. The van der Waals surface area contributed by atoms with Gasteiger partial charge in [-0.1, -0.05) is 0 Å². The maximum atomic E-state index is 12.8. The molecule has 2 aromatic rings. The number of likely N-dealkylation sites (tertiary alicyclic amines) is 1. The Bertz CT molecular complexity index is 805. The maximum Gasteiger partial charge on any atom is 0.253 e. The minimum atomic E-state index is 0.00811. The van der Waals surface area contributed by atoms with E-state index in [1.54, 1.807) is 16.8 Å². The molecule has 0 N–H and O–H groups in total. The second-order valence-electron chi connectivity index (χ2n) is 7.50. The summed E-state index contributed by atoms with van der Waals surface area (Å²) in [6, 6.07) is 7.24. The quantitative estimate of drug-likeness (QED) is 0.757. The van der Waals surface area contributed by atoms with E-state index in [9.17, 15) is 9.59 Å². The molecule has 148 valence electrons. The van der Waals surface area contributed by atoms with Gasteiger partial charge in [-0.15, -0.1) is 5.10 Å². The zero-order valence-electron chi connectivity index (χ0n) is 16.1. The van der Waals surface area contributed by atoms with Gasteiger partial charge in [0.2, 0.25) is 5.91 Å². The fraction of sp³-hybridized carbons (Fsp3) is 0.526. The van der Waals surface area contributed by atoms with Crippen molar-refractivity contribution in [3.8, 4) is 5.69 Å². The van der Waals surface area contributed by atoms with Gasteiger partial charge in [-0.3, -0.25) is 9.59 Å². The van der Waals surface area contributed by atoms with E-state index in [1.165, 1.54) is 6.33 Å². The highest BCUT2D eigenvalue weighted by Gasteiger charge is 2.31. The summed E-state index contributed by atoms with van der Waals surface area (Å²) in [5.41, 5.74) is 1.44. The van der Waals surface area contributed by atoms with Crippen LogP contribution in [0.5, 0.6) is 0 Å². The Morgan fingerprint density at radius 3 is 2.21 bits per heavy atom. The summed E-state index contributed by atoms with van der Waals surface area (Å²) in [5.74, 6) is 0.300. The molecule has 9 nitrogen and oxygen atoms in total. The van der Waals surface area contributed by atoms with Crippen LogP contribution < -0.4 is 0 Å². The number of benzene rings is 1. The van der Waals surface area contributed by atoms with Crippen LogP contribution in [-0.2, 0) is 4.79 Å². The monoisotopic (exact) mass is 383 g/mol. The molecule has 28 heavy (non-hydrogen) atoms. The Labute approximate surface area is 163 Å². The van der Waals surface area contributed by atoms with Gasteiger partial charge in [-0.25, -0.2) is 4.68 Å². The Morgan fingerprint density at radius 1 is 0.929 bits per heavy atom. The summed E-state index contributed by atoms with van der Waals surface area (Å²) in [5, 5.41) is 11.1. The first-order valence-corrected chi connectivity index (χ1v) is 9.72. The van der Waals surface area contributed by atoms with Gasteiger partial charge in [0.05, 0.1) is 5.69 Å². The van der Waals surface area contributed by atoms with Crippen molar-refractivity contribution in [2.75, 3.05) is 46.3 Å². The minimum Gasteiger partial charge on any atom is -0.340 e. The zero-order chi connectivity index (χ0) is 19.5. The number of piperazine rings is 1. The third kappa shape index (κ3) is 3.89. The molecule has 0 radical (unpaired) electrons. The van der Waals surface area contributed by atoms with Gasteiger partial charge in [-0.05, 0) is 54.6 Å². The first kappa shape index (κ1) is 18.5. The van der Waals surface area contributed by atoms with Crippen LogP contribution in [0.15, 0.2) is 30.6 Å². The van der Waals surface area contributed by atoms with Gasteiger partial charge in [0.25, 0.3) is 5.91 Å². The molecule has 2 amide bonds. The number of hydrogen-bond donors (Lipinski definition) is 0. The lowest BCUT2D eigenvalue weighted by molar-refractivity contribution is -0.138. The van der Waals surface area contributed by atoms with Gasteiger partial charge >= 0.3 is 0 Å². The van der Waals surface area contributed by atoms with Crippen LogP contribution >= 0.6 is 0 Å². The Balaban J connectivity index is 1.32. The lowest BCUT2D eigenvalue weighted by atomic mass is 9.94. The average molecular weight is 383 g/mol. The molecule has 1 aromatic carbocycles. The molecule has 2 aliphatic rings. The van der Waals surface area contributed by atoms with E-state index in [4.69, 9.17) is 0 Å². The zero-order valence-corrected chi connectivity index (χ0v) is 16.1. The van der Waals surface area contributed by atoms with Crippen molar-refractivity contribution in [1.29, 1.82) is 0 Å². The molecule has 0 aliphatic carbocycles. The Hall–Kier alpha value is -2.81. The summed E-state index contributed by atoms with van der Waals surface area (Å²) in [4.78, 5) is 31.6. The predicted octanol–water partition coefficient (Wildman–Crippen LogP) is 0.289. The van der Waals surface area contributed by atoms with Crippen molar-refractivity contribution in [1.82, 2.24) is 34.9 Å². The number of nitrogens with zero attached hydrogens (tertiary/aromatic N) is 7. The van der Waals surface area contributed by atoms with Crippen LogP contribution in [0.3, 0.4) is 0 Å². The molecule has 0 atom stereocenters. The van der Waals surface area contributed by atoms with Crippen molar-refractivity contribution in [2.45, 2.75) is 12.8 Å². The Morgan fingerprint density at radius 2 is 1.61 bits per heavy atom. The number of hydrogen-bond acceptors (Lipinski definition) is 6. The molecule has 2 saturated heterocycles. The number of carbonyl (C=O) groups is 2. The highest BCUT2D eigenvalue weighted by molar-refractivity contribution is 5.94. The van der Waals surface area contributed by atoms with E-state index in [1.807, 2.05) is 21.9 Å². The largest absolute Gasteiger partial charge is 0.340 e. The second-order valence-corrected chi connectivity index (χ2v) is 7.50. The molecular formula is C19H25N7O2. The molecule has 4 rings (SSSR count). The number of aromatic nitrogens is 4. The minimum absolute atomic E-state index is 0.00811. The Kier molecular flexibility index (Phi) is 5.34. The van der Waals surface area contributed by atoms with Gasteiger partial charge in [0, 0.05) is 50.7 Å². The predicted molar refractivity (Wildman–Crippen MR) is 102 cm³/mol. The number of piperidine rings is 1. The lowest BCUT2D eigenvalue weighted by Crippen LogP contribution is -2.51. The molecule has 3 heterocycles. The van der Waals surface area contributed by atoms with E-state index < -0.39 is 0 Å². The van der Waals surface area contributed by atoms with Crippen LogP contribution in [0.4, 0.5) is 0 Å². The van der Waals surface area contributed by atoms with E-state index in [0.29, 0.717) is 18.7 Å². The average Bonchev–Trinajstić information content (AvgIpc) is 3.28. The number of tetrazole rings is 1. The van der Waals surface area contributed by atoms with Gasteiger partial charge in [0.1, 0.15) is 6.33 Å². The first-order chi connectivity index (χ1) is 13.6. The molecule has 2 aliphatic heterocycles. The first-order valence-electron chi connectivity index (χ1n) is 9.72. The molecule has 0 bridgehead atoms. The summed E-state index contributed by atoms with van der Waals surface area (Å²) < 4.78 is 1.55. The van der Waals surface area contributed by atoms with Crippen molar-refractivity contribution < 1.29 is 9.59 Å². The topological polar surface area (TPSA) is 87.5 Å². The summed E-state index contributed by atoms with van der Waals surface area (Å²) in [6.07, 6.45) is 2.98. The fourth-order valence-electron chi connectivity index (χ4n) is 3.83. The van der Waals surface area contributed by atoms with Crippen LogP contribution in [0.25, 0.3) is 5.69 Å². The molecule has 1 aromatic heterocycles. The third-order valence-electron chi connectivity index (χ3n) is 5.67. The summed E-state index contributed by atoms with van der Waals surface area (Å²) in [7, 11) is 2.08. The van der Waals surface area contributed by atoms with Crippen molar-refractivity contribution in [3.05, 3.63) is 36.2 Å². The summed E-state index contributed by atoms with van der Waals surface area (Å²) in [6.45, 7) is 4.73. The smallest absolute Gasteiger partial charge is 0.253 e. The van der Waals surface area contributed by atoms with E-state index in [0.717, 1.165) is 44.7 Å². The molecule has 0 unspecified atom stereocenters. The standard InChI is InChI=1S/C19H25N7O2/c1-23-10-12-25(13-11-23)19(28)16-6-8-24(9-7-16)18(27)15-2-4-17(5-3-15)26-14-20-21-22-26/h2-5,14,16H,6-13H2,1H3. The second kappa shape index (κ2) is 8.05. The fourth-order valence-corrected chi connectivity index (χ4v) is 3.83. The molecule has 0 spiro atoms. The van der Waals surface area contributed by atoms with Crippen LogP contribution in [0, 0.1) is 5.92 Å². The summed E-state index contributed by atoms with van der Waals surface area (Å²) >= 11 is 0. The van der Waals surface area contributed by atoms with Crippen molar-refractivity contribution in [3.63, 3.8) is 0 Å². The SMILES string of the molecule is CN1CCN(C(=O)C2CCN(C(=O)c3ccc(-n4cnnn4)cc3)CC2)CC1. The van der Waals surface area contributed by atoms with Crippen LogP contribution in [-0.4, -0.2) is 93.0 Å². The van der Waals surface area contributed by atoms with E-state index in [2.05, 4.69) is 27.5 Å².